The Morgan fingerprint density at radius 1 is 1.22 bits per heavy atom. The molecule has 1 amide bonds. The highest BCUT2D eigenvalue weighted by molar-refractivity contribution is 5.79. The van der Waals surface area contributed by atoms with Crippen LogP contribution in [0.2, 0.25) is 0 Å². The molecule has 1 aliphatic rings. The molecule has 0 spiro atoms. The van der Waals surface area contributed by atoms with Gasteiger partial charge < -0.3 is 5.32 Å². The molecule has 2 atom stereocenters. The Morgan fingerprint density at radius 2 is 1.96 bits per heavy atom. The van der Waals surface area contributed by atoms with Gasteiger partial charge in [-0.3, -0.25) is 9.89 Å². The molecule has 4 heteroatoms. The molecule has 122 valence electrons. The van der Waals surface area contributed by atoms with Gasteiger partial charge in [-0.25, -0.2) is 0 Å². The van der Waals surface area contributed by atoms with Gasteiger partial charge in [0.2, 0.25) is 5.91 Å². The van der Waals surface area contributed by atoms with Gasteiger partial charge in [0, 0.05) is 23.2 Å². The zero-order chi connectivity index (χ0) is 16.2. The molecule has 3 rings (SSSR count). The van der Waals surface area contributed by atoms with Gasteiger partial charge in [-0.05, 0) is 32.3 Å². The number of aromatic amines is 1. The van der Waals surface area contributed by atoms with Gasteiger partial charge in [0.1, 0.15) is 0 Å². The maximum absolute atomic E-state index is 12.5. The van der Waals surface area contributed by atoms with Crippen molar-refractivity contribution in [2.45, 2.75) is 57.9 Å². The zero-order valence-corrected chi connectivity index (χ0v) is 13.9. The predicted octanol–water partition coefficient (Wildman–Crippen LogP) is 3.41. The summed E-state index contributed by atoms with van der Waals surface area (Å²) in [6, 6.07) is 10.8. The standard InChI is InChI=1S/C19H25N3O/c1-13-17(14(2)22-21-13)12-19(23)20-18-11-7-6-10-16(18)15-8-4-3-5-9-15/h3-5,8-9,16,18H,6-7,10-12H2,1-2H3,(H,20,23)(H,21,22)/t16-,18+/m0/s1. The minimum absolute atomic E-state index is 0.102. The SMILES string of the molecule is Cc1n[nH]c(C)c1CC(=O)N[C@@H]1CCCC[C@H]1c1ccccc1. The highest BCUT2D eigenvalue weighted by Gasteiger charge is 2.27. The Balaban J connectivity index is 1.68. The van der Waals surface area contributed by atoms with Gasteiger partial charge in [-0.2, -0.15) is 5.10 Å². The average molecular weight is 311 g/mol. The van der Waals surface area contributed by atoms with E-state index < -0.39 is 0 Å². The van der Waals surface area contributed by atoms with E-state index in [2.05, 4.69) is 39.8 Å². The number of benzene rings is 1. The lowest BCUT2D eigenvalue weighted by molar-refractivity contribution is -0.121. The molecule has 0 unspecified atom stereocenters. The third-order valence-corrected chi connectivity index (χ3v) is 4.96. The van der Waals surface area contributed by atoms with Gasteiger partial charge in [0.05, 0.1) is 12.1 Å². The van der Waals surface area contributed by atoms with Crippen molar-refractivity contribution in [1.82, 2.24) is 15.5 Å². The molecule has 4 nitrogen and oxygen atoms in total. The van der Waals surface area contributed by atoms with E-state index in [9.17, 15) is 4.79 Å². The van der Waals surface area contributed by atoms with Gasteiger partial charge in [-0.15, -0.1) is 0 Å². The summed E-state index contributed by atoms with van der Waals surface area (Å²) in [6.45, 7) is 3.91. The molecule has 23 heavy (non-hydrogen) atoms. The molecule has 0 bridgehead atoms. The predicted molar refractivity (Wildman–Crippen MR) is 91.3 cm³/mol. The van der Waals surface area contributed by atoms with Crippen LogP contribution in [0, 0.1) is 13.8 Å². The van der Waals surface area contributed by atoms with Crippen molar-refractivity contribution >= 4 is 5.91 Å². The molecule has 2 N–H and O–H groups in total. The first-order valence-electron chi connectivity index (χ1n) is 8.50. The van der Waals surface area contributed by atoms with Gasteiger partial charge in [0.15, 0.2) is 0 Å². The second-order valence-corrected chi connectivity index (χ2v) is 6.56. The summed E-state index contributed by atoms with van der Waals surface area (Å²) >= 11 is 0. The topological polar surface area (TPSA) is 57.8 Å². The van der Waals surface area contributed by atoms with Crippen molar-refractivity contribution in [2.75, 3.05) is 0 Å². The maximum atomic E-state index is 12.5. The summed E-state index contributed by atoms with van der Waals surface area (Å²) in [4.78, 5) is 12.5. The van der Waals surface area contributed by atoms with E-state index in [4.69, 9.17) is 0 Å². The molecule has 1 heterocycles. The number of amides is 1. The summed E-state index contributed by atoms with van der Waals surface area (Å²) in [5, 5.41) is 10.4. The van der Waals surface area contributed by atoms with E-state index in [0.717, 1.165) is 29.8 Å². The second kappa shape index (κ2) is 6.99. The molecule has 2 aromatic rings. The summed E-state index contributed by atoms with van der Waals surface area (Å²) in [5.74, 6) is 0.533. The zero-order valence-electron chi connectivity index (χ0n) is 13.9. The lowest BCUT2D eigenvalue weighted by Crippen LogP contribution is -2.41. The van der Waals surface area contributed by atoms with Crippen molar-refractivity contribution in [3.8, 4) is 0 Å². The van der Waals surface area contributed by atoms with Crippen LogP contribution in [0.1, 0.15) is 54.1 Å². The lowest BCUT2D eigenvalue weighted by Gasteiger charge is -2.32. The molecule has 0 saturated heterocycles. The summed E-state index contributed by atoms with van der Waals surface area (Å²) in [7, 11) is 0. The first kappa shape index (κ1) is 15.8. The number of nitrogens with zero attached hydrogens (tertiary/aromatic N) is 1. The molecular weight excluding hydrogens is 286 g/mol. The Labute approximate surface area is 137 Å². The minimum atomic E-state index is 0.102. The summed E-state index contributed by atoms with van der Waals surface area (Å²) < 4.78 is 0. The first-order chi connectivity index (χ1) is 11.1. The number of carbonyl (C=O) groups is 1. The molecule has 0 radical (unpaired) electrons. The minimum Gasteiger partial charge on any atom is -0.352 e. The third-order valence-electron chi connectivity index (χ3n) is 4.96. The maximum Gasteiger partial charge on any atom is 0.224 e. The number of rotatable bonds is 4. The fourth-order valence-corrected chi connectivity index (χ4v) is 3.66. The smallest absolute Gasteiger partial charge is 0.224 e. The lowest BCUT2D eigenvalue weighted by atomic mass is 9.80. The average Bonchev–Trinajstić information content (AvgIpc) is 2.88. The van der Waals surface area contributed by atoms with Crippen molar-refractivity contribution in [2.24, 2.45) is 0 Å². The normalized spacial score (nSPS) is 21.1. The molecule has 1 aromatic carbocycles. The Morgan fingerprint density at radius 3 is 2.65 bits per heavy atom. The number of aromatic nitrogens is 2. The third kappa shape index (κ3) is 3.63. The van der Waals surface area contributed by atoms with Crippen molar-refractivity contribution in [3.63, 3.8) is 0 Å². The fraction of sp³-hybridized carbons (Fsp3) is 0.474. The van der Waals surface area contributed by atoms with Crippen LogP contribution in [0.5, 0.6) is 0 Å². The van der Waals surface area contributed by atoms with Crippen LogP contribution in [0.25, 0.3) is 0 Å². The van der Waals surface area contributed by atoms with Crippen LogP contribution in [0.15, 0.2) is 30.3 Å². The molecule has 1 fully saturated rings. The van der Waals surface area contributed by atoms with Crippen LogP contribution in [-0.4, -0.2) is 22.1 Å². The van der Waals surface area contributed by atoms with E-state index in [1.165, 1.54) is 18.4 Å². The van der Waals surface area contributed by atoms with Crippen molar-refractivity contribution in [3.05, 3.63) is 52.8 Å². The number of hydrogen-bond donors (Lipinski definition) is 2. The van der Waals surface area contributed by atoms with Crippen molar-refractivity contribution < 1.29 is 4.79 Å². The summed E-state index contributed by atoms with van der Waals surface area (Å²) in [6.07, 6.45) is 5.06. The second-order valence-electron chi connectivity index (χ2n) is 6.56. The molecule has 1 aliphatic carbocycles. The summed E-state index contributed by atoms with van der Waals surface area (Å²) in [5.41, 5.74) is 4.27. The Hall–Kier alpha value is -2.10. The molecule has 1 aromatic heterocycles. The number of hydrogen-bond acceptors (Lipinski definition) is 2. The monoisotopic (exact) mass is 311 g/mol. The molecule has 1 saturated carbocycles. The van der Waals surface area contributed by atoms with Crippen LogP contribution in [0.4, 0.5) is 0 Å². The van der Waals surface area contributed by atoms with Crippen LogP contribution < -0.4 is 5.32 Å². The molecular formula is C19H25N3O. The quantitative estimate of drug-likeness (QED) is 0.909. The highest BCUT2D eigenvalue weighted by atomic mass is 16.1. The van der Waals surface area contributed by atoms with Crippen LogP contribution in [-0.2, 0) is 11.2 Å². The van der Waals surface area contributed by atoms with E-state index in [-0.39, 0.29) is 11.9 Å². The van der Waals surface area contributed by atoms with E-state index in [1.807, 2.05) is 19.9 Å². The Kier molecular flexibility index (Phi) is 4.79. The first-order valence-corrected chi connectivity index (χ1v) is 8.50. The van der Waals surface area contributed by atoms with E-state index in [0.29, 0.717) is 12.3 Å². The van der Waals surface area contributed by atoms with Gasteiger partial charge >= 0.3 is 0 Å². The largest absolute Gasteiger partial charge is 0.352 e. The number of aryl methyl sites for hydroxylation is 2. The van der Waals surface area contributed by atoms with E-state index >= 15 is 0 Å². The number of H-pyrrole nitrogens is 1. The van der Waals surface area contributed by atoms with Gasteiger partial charge in [0.25, 0.3) is 0 Å². The number of carbonyl (C=O) groups excluding carboxylic acids is 1. The van der Waals surface area contributed by atoms with Crippen molar-refractivity contribution in [1.29, 1.82) is 0 Å². The Bertz CT molecular complexity index is 643. The fourth-order valence-electron chi connectivity index (χ4n) is 3.66. The molecule has 0 aliphatic heterocycles. The van der Waals surface area contributed by atoms with Crippen LogP contribution >= 0.6 is 0 Å². The van der Waals surface area contributed by atoms with Gasteiger partial charge in [-0.1, -0.05) is 43.2 Å². The number of nitrogens with one attached hydrogen (secondary N) is 2. The van der Waals surface area contributed by atoms with E-state index in [1.54, 1.807) is 0 Å². The van der Waals surface area contributed by atoms with Crippen LogP contribution in [0.3, 0.4) is 0 Å². The highest BCUT2D eigenvalue weighted by Crippen LogP contribution is 2.33.